The van der Waals surface area contributed by atoms with Crippen LogP contribution in [0, 0.1) is 5.41 Å². The van der Waals surface area contributed by atoms with Gasteiger partial charge in [0.2, 0.25) is 0 Å². The lowest BCUT2D eigenvalue weighted by Crippen LogP contribution is -2.22. The van der Waals surface area contributed by atoms with Crippen LogP contribution in [0.5, 0.6) is 0 Å². The molecular formula is C13H20N2. The van der Waals surface area contributed by atoms with E-state index in [1.54, 1.807) is 0 Å². The SMILES string of the molecule is CC1(C)CCN(Cc2cccc(N)c2)C1. The molecule has 82 valence electrons. The van der Waals surface area contributed by atoms with Crippen molar-refractivity contribution in [1.82, 2.24) is 4.90 Å². The molecule has 1 aliphatic heterocycles. The van der Waals surface area contributed by atoms with E-state index in [1.807, 2.05) is 12.1 Å². The molecule has 1 heterocycles. The summed E-state index contributed by atoms with van der Waals surface area (Å²) >= 11 is 0. The van der Waals surface area contributed by atoms with E-state index in [0.717, 1.165) is 12.2 Å². The zero-order valence-corrected chi connectivity index (χ0v) is 9.66. The minimum absolute atomic E-state index is 0.486. The van der Waals surface area contributed by atoms with Crippen molar-refractivity contribution in [2.24, 2.45) is 5.41 Å². The molecule has 1 aliphatic rings. The molecule has 1 aromatic rings. The van der Waals surface area contributed by atoms with Crippen molar-refractivity contribution in [3.8, 4) is 0 Å². The predicted octanol–water partition coefficient (Wildman–Crippen LogP) is 2.50. The first-order valence-electron chi connectivity index (χ1n) is 5.62. The summed E-state index contributed by atoms with van der Waals surface area (Å²) in [5, 5.41) is 0. The number of nitrogens with zero attached hydrogens (tertiary/aromatic N) is 1. The van der Waals surface area contributed by atoms with Gasteiger partial charge >= 0.3 is 0 Å². The molecule has 1 aromatic carbocycles. The number of hydrogen-bond acceptors (Lipinski definition) is 2. The van der Waals surface area contributed by atoms with Crippen molar-refractivity contribution in [2.75, 3.05) is 18.8 Å². The molecule has 1 fully saturated rings. The van der Waals surface area contributed by atoms with Crippen molar-refractivity contribution < 1.29 is 0 Å². The lowest BCUT2D eigenvalue weighted by Gasteiger charge is -2.19. The number of benzene rings is 1. The number of nitrogens with two attached hydrogens (primary N) is 1. The van der Waals surface area contributed by atoms with Crippen molar-refractivity contribution in [1.29, 1.82) is 0 Å². The summed E-state index contributed by atoms with van der Waals surface area (Å²) in [6, 6.07) is 8.20. The maximum absolute atomic E-state index is 5.77. The minimum Gasteiger partial charge on any atom is -0.399 e. The summed E-state index contributed by atoms with van der Waals surface area (Å²) in [6.07, 6.45) is 1.30. The minimum atomic E-state index is 0.486. The number of likely N-dealkylation sites (tertiary alicyclic amines) is 1. The van der Waals surface area contributed by atoms with E-state index < -0.39 is 0 Å². The molecule has 1 saturated heterocycles. The molecule has 0 radical (unpaired) electrons. The third-order valence-corrected chi connectivity index (χ3v) is 3.11. The topological polar surface area (TPSA) is 29.3 Å². The van der Waals surface area contributed by atoms with Gasteiger partial charge in [-0.1, -0.05) is 26.0 Å². The molecule has 0 spiro atoms. The van der Waals surface area contributed by atoms with Crippen LogP contribution < -0.4 is 5.73 Å². The summed E-state index contributed by atoms with van der Waals surface area (Å²) in [7, 11) is 0. The summed E-state index contributed by atoms with van der Waals surface area (Å²) in [4.78, 5) is 2.51. The molecule has 0 bridgehead atoms. The van der Waals surface area contributed by atoms with Gasteiger partial charge in [0.25, 0.3) is 0 Å². The summed E-state index contributed by atoms with van der Waals surface area (Å²) in [5.74, 6) is 0. The molecule has 0 unspecified atom stereocenters. The Balaban J connectivity index is 1.99. The monoisotopic (exact) mass is 204 g/mol. The fourth-order valence-corrected chi connectivity index (χ4v) is 2.31. The van der Waals surface area contributed by atoms with Gasteiger partial charge in [-0.05, 0) is 36.1 Å². The van der Waals surface area contributed by atoms with Crippen molar-refractivity contribution in [3.63, 3.8) is 0 Å². The highest BCUT2D eigenvalue weighted by molar-refractivity contribution is 5.40. The lowest BCUT2D eigenvalue weighted by atomic mass is 9.93. The highest BCUT2D eigenvalue weighted by atomic mass is 15.1. The molecular weight excluding hydrogens is 184 g/mol. The van der Waals surface area contributed by atoms with Crippen molar-refractivity contribution in [3.05, 3.63) is 29.8 Å². The average molecular weight is 204 g/mol. The van der Waals surface area contributed by atoms with Crippen LogP contribution in [-0.2, 0) is 6.54 Å². The molecule has 2 N–H and O–H groups in total. The van der Waals surface area contributed by atoms with Gasteiger partial charge in [0.05, 0.1) is 0 Å². The lowest BCUT2D eigenvalue weighted by molar-refractivity contribution is 0.284. The molecule has 0 aliphatic carbocycles. The van der Waals surface area contributed by atoms with Crippen molar-refractivity contribution in [2.45, 2.75) is 26.8 Å². The second-order valence-electron chi connectivity index (χ2n) is 5.37. The van der Waals surface area contributed by atoms with Crippen LogP contribution in [0.15, 0.2) is 24.3 Å². The molecule has 2 heteroatoms. The Bertz CT molecular complexity index is 344. The van der Waals surface area contributed by atoms with E-state index in [2.05, 4.69) is 30.9 Å². The zero-order chi connectivity index (χ0) is 10.9. The van der Waals surface area contributed by atoms with Crippen LogP contribution in [0.25, 0.3) is 0 Å². The first-order valence-corrected chi connectivity index (χ1v) is 5.62. The highest BCUT2D eigenvalue weighted by Crippen LogP contribution is 2.29. The third kappa shape index (κ3) is 2.72. The van der Waals surface area contributed by atoms with Gasteiger partial charge in [-0.2, -0.15) is 0 Å². The molecule has 2 nitrogen and oxygen atoms in total. The van der Waals surface area contributed by atoms with Crippen LogP contribution in [0.1, 0.15) is 25.8 Å². The average Bonchev–Trinajstić information content (AvgIpc) is 2.45. The number of rotatable bonds is 2. The van der Waals surface area contributed by atoms with Crippen LogP contribution in [0.4, 0.5) is 5.69 Å². The second kappa shape index (κ2) is 3.86. The molecule has 2 rings (SSSR count). The maximum Gasteiger partial charge on any atom is 0.0317 e. The van der Waals surface area contributed by atoms with Crippen LogP contribution >= 0.6 is 0 Å². The summed E-state index contributed by atoms with van der Waals surface area (Å²) < 4.78 is 0. The molecule has 0 amide bonds. The largest absolute Gasteiger partial charge is 0.399 e. The van der Waals surface area contributed by atoms with E-state index in [4.69, 9.17) is 5.73 Å². The Morgan fingerprint density at radius 1 is 1.40 bits per heavy atom. The first kappa shape index (κ1) is 10.5. The van der Waals surface area contributed by atoms with Gasteiger partial charge in [0.1, 0.15) is 0 Å². The van der Waals surface area contributed by atoms with Crippen LogP contribution in [0.3, 0.4) is 0 Å². The fraction of sp³-hybridized carbons (Fsp3) is 0.538. The van der Waals surface area contributed by atoms with Gasteiger partial charge in [-0.25, -0.2) is 0 Å². The predicted molar refractivity (Wildman–Crippen MR) is 64.5 cm³/mol. The standard InChI is InChI=1S/C13H20N2/c1-13(2)6-7-15(10-13)9-11-4-3-5-12(14)8-11/h3-5,8H,6-7,9-10,14H2,1-2H3. The Morgan fingerprint density at radius 3 is 2.80 bits per heavy atom. The zero-order valence-electron chi connectivity index (χ0n) is 9.66. The number of nitrogen functional groups attached to an aromatic ring is 1. The number of anilines is 1. The van der Waals surface area contributed by atoms with E-state index >= 15 is 0 Å². The smallest absolute Gasteiger partial charge is 0.0317 e. The maximum atomic E-state index is 5.77. The van der Waals surface area contributed by atoms with E-state index in [-0.39, 0.29) is 0 Å². The number of hydrogen-bond donors (Lipinski definition) is 1. The Kier molecular flexibility index (Phi) is 2.70. The fourth-order valence-electron chi connectivity index (χ4n) is 2.31. The summed E-state index contributed by atoms with van der Waals surface area (Å²) in [5.41, 5.74) is 8.45. The normalized spacial score (nSPS) is 20.7. The van der Waals surface area contributed by atoms with E-state index in [0.29, 0.717) is 5.41 Å². The quantitative estimate of drug-likeness (QED) is 0.750. The highest BCUT2D eigenvalue weighted by Gasteiger charge is 2.28. The third-order valence-electron chi connectivity index (χ3n) is 3.11. The van der Waals surface area contributed by atoms with Crippen LogP contribution in [0.2, 0.25) is 0 Å². The molecule has 0 aromatic heterocycles. The van der Waals surface area contributed by atoms with Crippen LogP contribution in [-0.4, -0.2) is 18.0 Å². The van der Waals surface area contributed by atoms with E-state index in [9.17, 15) is 0 Å². The molecule has 0 atom stereocenters. The Morgan fingerprint density at radius 2 is 2.20 bits per heavy atom. The molecule has 0 saturated carbocycles. The van der Waals surface area contributed by atoms with Crippen molar-refractivity contribution >= 4 is 5.69 Å². The molecule has 15 heavy (non-hydrogen) atoms. The Labute approximate surface area is 92.1 Å². The first-order chi connectivity index (χ1) is 7.05. The second-order valence-corrected chi connectivity index (χ2v) is 5.37. The van der Waals surface area contributed by atoms with E-state index in [1.165, 1.54) is 25.1 Å². The Hall–Kier alpha value is -1.02. The van der Waals surface area contributed by atoms with Gasteiger partial charge in [0.15, 0.2) is 0 Å². The van der Waals surface area contributed by atoms with Gasteiger partial charge in [-0.15, -0.1) is 0 Å². The van der Waals surface area contributed by atoms with Gasteiger partial charge in [-0.3, -0.25) is 4.90 Å². The van der Waals surface area contributed by atoms with Gasteiger partial charge < -0.3 is 5.73 Å². The van der Waals surface area contributed by atoms with Gasteiger partial charge in [0, 0.05) is 18.8 Å². The summed E-state index contributed by atoms with van der Waals surface area (Å²) in [6.45, 7) is 8.12.